The van der Waals surface area contributed by atoms with Crippen LogP contribution in [0.4, 0.5) is 5.82 Å². The minimum absolute atomic E-state index is 0.431. The molecule has 0 aliphatic heterocycles. The topological polar surface area (TPSA) is 94.1 Å². The molecule has 6 nitrogen and oxygen atoms in total. The van der Waals surface area contributed by atoms with Gasteiger partial charge in [-0.25, -0.2) is 9.97 Å². The molecule has 0 saturated carbocycles. The highest BCUT2D eigenvalue weighted by molar-refractivity contribution is 6.61. The van der Waals surface area contributed by atoms with Crippen molar-refractivity contribution in [3.8, 4) is 11.4 Å². The van der Waals surface area contributed by atoms with Crippen molar-refractivity contribution in [2.24, 2.45) is 0 Å². The predicted octanol–water partition coefficient (Wildman–Crippen LogP) is 2.23. The Labute approximate surface area is 157 Å². The van der Waals surface area contributed by atoms with E-state index in [2.05, 4.69) is 32.4 Å². The second-order valence-electron chi connectivity index (χ2n) is 6.37. The Bertz CT molecular complexity index is 1080. The van der Waals surface area contributed by atoms with E-state index in [1.54, 1.807) is 18.3 Å². The molecular formula is C20H19BN4O2. The monoisotopic (exact) mass is 358 g/mol. The van der Waals surface area contributed by atoms with Crippen LogP contribution < -0.4 is 10.8 Å². The van der Waals surface area contributed by atoms with Gasteiger partial charge in [-0.3, -0.25) is 0 Å². The van der Waals surface area contributed by atoms with E-state index in [1.165, 1.54) is 5.56 Å². The van der Waals surface area contributed by atoms with Gasteiger partial charge in [-0.2, -0.15) is 0 Å². The van der Waals surface area contributed by atoms with E-state index >= 15 is 0 Å². The summed E-state index contributed by atoms with van der Waals surface area (Å²) in [5, 5.41) is 23.4. The fraction of sp³-hybridized carbons (Fsp3) is 0.100. The maximum atomic E-state index is 9.61. The number of hydrogen-bond acceptors (Lipinski definition) is 5. The molecule has 7 heteroatoms. The summed E-state index contributed by atoms with van der Waals surface area (Å²) < 4.78 is 0. The Morgan fingerprint density at radius 2 is 1.85 bits per heavy atom. The molecule has 0 spiro atoms. The summed E-state index contributed by atoms with van der Waals surface area (Å²) in [6.07, 6.45) is 1.72. The minimum atomic E-state index is -1.54. The third-order valence-corrected chi connectivity index (χ3v) is 4.53. The van der Waals surface area contributed by atoms with Gasteiger partial charge in [-0.1, -0.05) is 48.5 Å². The van der Waals surface area contributed by atoms with Crippen LogP contribution in [0.1, 0.15) is 11.3 Å². The van der Waals surface area contributed by atoms with Gasteiger partial charge < -0.3 is 20.3 Å². The summed E-state index contributed by atoms with van der Waals surface area (Å²) in [4.78, 5) is 12.3. The molecule has 0 amide bonds. The normalized spacial score (nSPS) is 10.9. The van der Waals surface area contributed by atoms with Gasteiger partial charge >= 0.3 is 7.12 Å². The average Bonchev–Trinajstić information content (AvgIpc) is 3.03. The number of rotatable bonds is 5. The SMILES string of the molecule is Cc1[nH]c2c(B(O)O)cccc2c1-c1nccc(NCc2ccccc2)n1. The highest BCUT2D eigenvalue weighted by atomic mass is 16.4. The fourth-order valence-electron chi connectivity index (χ4n) is 3.24. The van der Waals surface area contributed by atoms with Crippen molar-refractivity contribution in [2.45, 2.75) is 13.5 Å². The van der Waals surface area contributed by atoms with Crippen LogP contribution in [0.15, 0.2) is 60.8 Å². The Morgan fingerprint density at radius 1 is 1.04 bits per heavy atom. The maximum absolute atomic E-state index is 9.61. The summed E-state index contributed by atoms with van der Waals surface area (Å²) in [5.74, 6) is 1.32. The van der Waals surface area contributed by atoms with Crippen LogP contribution in [0.25, 0.3) is 22.3 Å². The summed E-state index contributed by atoms with van der Waals surface area (Å²) >= 11 is 0. The van der Waals surface area contributed by atoms with Crippen molar-refractivity contribution in [3.63, 3.8) is 0 Å². The summed E-state index contributed by atoms with van der Waals surface area (Å²) in [6, 6.07) is 17.4. The molecule has 0 radical (unpaired) electrons. The summed E-state index contributed by atoms with van der Waals surface area (Å²) in [5.41, 5.74) is 4.02. The first kappa shape index (κ1) is 17.3. The van der Waals surface area contributed by atoms with Crippen LogP contribution in [0.2, 0.25) is 0 Å². The molecule has 134 valence electrons. The third-order valence-electron chi connectivity index (χ3n) is 4.53. The largest absolute Gasteiger partial charge is 0.490 e. The van der Waals surface area contributed by atoms with Crippen molar-refractivity contribution in [3.05, 3.63) is 72.1 Å². The van der Waals surface area contributed by atoms with Crippen molar-refractivity contribution >= 4 is 29.3 Å². The molecular weight excluding hydrogens is 339 g/mol. The Kier molecular flexibility index (Phi) is 4.62. The van der Waals surface area contributed by atoms with Crippen LogP contribution in [0.5, 0.6) is 0 Å². The standard InChI is InChI=1S/C20H19BN4O2/c1-13-18(15-8-5-9-16(21(26)27)19(15)24-13)20-22-11-10-17(25-20)23-12-14-6-3-2-4-7-14/h2-11,24,26-27H,12H2,1H3,(H,22,23,25). The van der Waals surface area contributed by atoms with Gasteiger partial charge in [-0.15, -0.1) is 0 Å². The first-order valence-electron chi connectivity index (χ1n) is 8.72. The van der Waals surface area contributed by atoms with Crippen LogP contribution >= 0.6 is 0 Å². The zero-order valence-electron chi connectivity index (χ0n) is 14.8. The highest BCUT2D eigenvalue weighted by Crippen LogP contribution is 2.29. The molecule has 2 heterocycles. The summed E-state index contributed by atoms with van der Waals surface area (Å²) in [6.45, 7) is 2.60. The molecule has 2 aromatic heterocycles. The molecule has 4 N–H and O–H groups in total. The molecule has 0 aliphatic carbocycles. The Balaban J connectivity index is 1.70. The number of aryl methyl sites for hydroxylation is 1. The van der Waals surface area contributed by atoms with Crippen molar-refractivity contribution < 1.29 is 10.0 Å². The van der Waals surface area contributed by atoms with E-state index in [0.29, 0.717) is 23.3 Å². The Morgan fingerprint density at radius 3 is 2.63 bits per heavy atom. The zero-order valence-corrected chi connectivity index (χ0v) is 14.8. The van der Waals surface area contributed by atoms with E-state index in [1.807, 2.05) is 37.3 Å². The lowest BCUT2D eigenvalue weighted by molar-refractivity contribution is 0.426. The highest BCUT2D eigenvalue weighted by Gasteiger charge is 2.20. The molecule has 27 heavy (non-hydrogen) atoms. The number of nitrogens with one attached hydrogen (secondary N) is 2. The van der Waals surface area contributed by atoms with Gasteiger partial charge in [0.1, 0.15) is 5.82 Å². The molecule has 0 unspecified atom stereocenters. The molecule has 4 rings (SSSR count). The van der Waals surface area contributed by atoms with Crippen LogP contribution in [-0.2, 0) is 6.54 Å². The molecule has 0 aliphatic rings. The van der Waals surface area contributed by atoms with E-state index in [4.69, 9.17) is 0 Å². The molecule has 2 aromatic carbocycles. The lowest BCUT2D eigenvalue weighted by atomic mass is 9.79. The van der Waals surface area contributed by atoms with Gasteiger partial charge in [0.15, 0.2) is 5.82 Å². The van der Waals surface area contributed by atoms with Crippen LogP contribution in [-0.4, -0.2) is 32.1 Å². The Hall–Kier alpha value is -3.16. The van der Waals surface area contributed by atoms with Gasteiger partial charge in [-0.05, 0) is 18.6 Å². The predicted molar refractivity (Wildman–Crippen MR) is 108 cm³/mol. The lowest BCUT2D eigenvalue weighted by Crippen LogP contribution is -2.30. The third kappa shape index (κ3) is 3.42. The fourth-order valence-corrected chi connectivity index (χ4v) is 3.24. The smallest absolute Gasteiger partial charge is 0.423 e. The number of fused-ring (bicyclic) bond motifs is 1. The van der Waals surface area contributed by atoms with Crippen molar-refractivity contribution in [1.29, 1.82) is 0 Å². The maximum Gasteiger partial charge on any atom is 0.490 e. The summed E-state index contributed by atoms with van der Waals surface area (Å²) in [7, 11) is -1.54. The number of H-pyrrole nitrogens is 1. The quantitative estimate of drug-likeness (QED) is 0.411. The first-order chi connectivity index (χ1) is 13.1. The van der Waals surface area contributed by atoms with Crippen LogP contribution in [0.3, 0.4) is 0 Å². The van der Waals surface area contributed by atoms with E-state index in [0.717, 1.165) is 22.5 Å². The average molecular weight is 358 g/mol. The van der Waals surface area contributed by atoms with E-state index in [9.17, 15) is 10.0 Å². The van der Waals surface area contributed by atoms with Crippen LogP contribution in [0, 0.1) is 6.92 Å². The number of anilines is 1. The molecule has 0 fully saturated rings. The van der Waals surface area contributed by atoms with E-state index in [-0.39, 0.29) is 0 Å². The van der Waals surface area contributed by atoms with Crippen molar-refractivity contribution in [2.75, 3.05) is 5.32 Å². The number of nitrogens with zero attached hydrogens (tertiary/aromatic N) is 2. The number of hydrogen-bond donors (Lipinski definition) is 4. The lowest BCUT2D eigenvalue weighted by Gasteiger charge is -2.07. The van der Waals surface area contributed by atoms with Crippen molar-refractivity contribution in [1.82, 2.24) is 15.0 Å². The second-order valence-corrected chi connectivity index (χ2v) is 6.37. The number of benzene rings is 2. The number of aromatic nitrogens is 3. The van der Waals surface area contributed by atoms with Gasteiger partial charge in [0.05, 0.1) is 0 Å². The second kappa shape index (κ2) is 7.22. The molecule has 0 atom stereocenters. The van der Waals surface area contributed by atoms with Gasteiger partial charge in [0, 0.05) is 40.4 Å². The number of aromatic amines is 1. The minimum Gasteiger partial charge on any atom is -0.423 e. The number of para-hydroxylation sites is 1. The van der Waals surface area contributed by atoms with Gasteiger partial charge in [0.25, 0.3) is 0 Å². The molecule has 4 aromatic rings. The van der Waals surface area contributed by atoms with E-state index < -0.39 is 7.12 Å². The molecule has 0 saturated heterocycles. The first-order valence-corrected chi connectivity index (χ1v) is 8.72. The molecule has 0 bridgehead atoms. The van der Waals surface area contributed by atoms with Gasteiger partial charge in [0.2, 0.25) is 0 Å². The zero-order chi connectivity index (χ0) is 18.8.